The highest BCUT2D eigenvalue weighted by Crippen LogP contribution is 2.39. The maximum atomic E-state index is 11.9. The third-order valence-corrected chi connectivity index (χ3v) is 3.45. The minimum Gasteiger partial charge on any atom is -0.408 e. The largest absolute Gasteiger partial charge is 0.408 e. The molecule has 1 amide bonds. The fraction of sp³-hybridized carbons (Fsp3) is 0.727. The van der Waals surface area contributed by atoms with Gasteiger partial charge in [-0.25, -0.2) is 0 Å². The molecule has 2 fully saturated rings. The maximum Gasteiger partial charge on any atom is 0.322 e. The number of aromatic nitrogens is 2. The molecule has 1 saturated carbocycles. The van der Waals surface area contributed by atoms with E-state index in [4.69, 9.17) is 4.42 Å². The Balaban J connectivity index is 1.63. The van der Waals surface area contributed by atoms with Crippen LogP contribution in [0.1, 0.15) is 31.6 Å². The zero-order valence-corrected chi connectivity index (χ0v) is 9.77. The molecule has 2 heterocycles. The Hall–Kier alpha value is -1.43. The molecule has 2 N–H and O–H groups in total. The Morgan fingerprint density at radius 2 is 2.24 bits per heavy atom. The molecule has 0 radical (unpaired) electrons. The average Bonchev–Trinajstić information content (AvgIpc) is 2.90. The summed E-state index contributed by atoms with van der Waals surface area (Å²) in [6.45, 7) is 3.67. The van der Waals surface area contributed by atoms with Gasteiger partial charge in [0.05, 0.1) is 5.92 Å². The van der Waals surface area contributed by atoms with Gasteiger partial charge in [0.1, 0.15) is 0 Å². The van der Waals surface area contributed by atoms with Crippen LogP contribution >= 0.6 is 0 Å². The van der Waals surface area contributed by atoms with Gasteiger partial charge in [0, 0.05) is 12.5 Å². The SMILES string of the molecule is C[C@@H]1CNC[C@H]1C(=O)Nc1nnc(C2CC2)o1. The average molecular weight is 236 g/mol. The Bertz CT molecular complexity index is 427. The normalized spacial score (nSPS) is 28.3. The van der Waals surface area contributed by atoms with E-state index in [0.29, 0.717) is 17.7 Å². The van der Waals surface area contributed by atoms with Crippen molar-refractivity contribution in [1.82, 2.24) is 15.5 Å². The van der Waals surface area contributed by atoms with E-state index < -0.39 is 0 Å². The van der Waals surface area contributed by atoms with Crippen LogP contribution in [-0.2, 0) is 4.79 Å². The molecule has 0 bridgehead atoms. The molecule has 17 heavy (non-hydrogen) atoms. The van der Waals surface area contributed by atoms with E-state index in [1.54, 1.807) is 0 Å². The van der Waals surface area contributed by atoms with Crippen molar-refractivity contribution in [3.63, 3.8) is 0 Å². The first-order valence-electron chi connectivity index (χ1n) is 6.09. The van der Waals surface area contributed by atoms with Crippen molar-refractivity contribution in [3.05, 3.63) is 5.89 Å². The Kier molecular flexibility index (Phi) is 2.58. The number of nitrogens with one attached hydrogen (secondary N) is 2. The molecule has 1 saturated heterocycles. The van der Waals surface area contributed by atoms with Crippen LogP contribution in [0.15, 0.2) is 4.42 Å². The number of hydrogen-bond donors (Lipinski definition) is 2. The molecule has 3 rings (SSSR count). The molecular formula is C11H16N4O2. The second kappa shape index (κ2) is 4.10. The summed E-state index contributed by atoms with van der Waals surface area (Å²) >= 11 is 0. The van der Waals surface area contributed by atoms with Crippen LogP contribution in [0, 0.1) is 11.8 Å². The second-order valence-corrected chi connectivity index (χ2v) is 4.95. The first-order chi connectivity index (χ1) is 8.24. The van der Waals surface area contributed by atoms with Gasteiger partial charge < -0.3 is 9.73 Å². The van der Waals surface area contributed by atoms with Crippen molar-refractivity contribution in [3.8, 4) is 0 Å². The summed E-state index contributed by atoms with van der Waals surface area (Å²) in [5, 5.41) is 13.7. The Labute approximate surface area is 99.2 Å². The zero-order valence-electron chi connectivity index (χ0n) is 9.77. The van der Waals surface area contributed by atoms with Gasteiger partial charge >= 0.3 is 6.01 Å². The lowest BCUT2D eigenvalue weighted by Crippen LogP contribution is -2.27. The summed E-state index contributed by atoms with van der Waals surface area (Å²) in [5.41, 5.74) is 0. The van der Waals surface area contributed by atoms with Crippen LogP contribution in [0.3, 0.4) is 0 Å². The Morgan fingerprint density at radius 1 is 1.41 bits per heavy atom. The van der Waals surface area contributed by atoms with Gasteiger partial charge in [-0.05, 0) is 25.3 Å². The summed E-state index contributed by atoms with van der Waals surface area (Å²) in [4.78, 5) is 11.9. The molecule has 0 aromatic carbocycles. The molecule has 2 atom stereocenters. The van der Waals surface area contributed by atoms with E-state index in [0.717, 1.165) is 25.9 Å². The number of hydrogen-bond acceptors (Lipinski definition) is 5. The smallest absolute Gasteiger partial charge is 0.322 e. The van der Waals surface area contributed by atoms with Crippen molar-refractivity contribution >= 4 is 11.9 Å². The van der Waals surface area contributed by atoms with Crippen molar-refractivity contribution in [1.29, 1.82) is 0 Å². The van der Waals surface area contributed by atoms with Crippen molar-refractivity contribution in [2.45, 2.75) is 25.7 Å². The molecule has 1 aromatic heterocycles. The highest BCUT2D eigenvalue weighted by atomic mass is 16.4. The summed E-state index contributed by atoms with van der Waals surface area (Å²) in [7, 11) is 0. The van der Waals surface area contributed by atoms with Crippen LogP contribution in [0.25, 0.3) is 0 Å². The molecule has 6 heteroatoms. The van der Waals surface area contributed by atoms with Crippen LogP contribution in [-0.4, -0.2) is 29.2 Å². The van der Waals surface area contributed by atoms with Gasteiger partial charge in [-0.15, -0.1) is 5.10 Å². The maximum absolute atomic E-state index is 11.9. The molecule has 1 aromatic rings. The highest BCUT2D eigenvalue weighted by Gasteiger charge is 2.32. The lowest BCUT2D eigenvalue weighted by atomic mass is 9.97. The molecule has 0 spiro atoms. The molecule has 6 nitrogen and oxygen atoms in total. The van der Waals surface area contributed by atoms with Crippen molar-refractivity contribution in [2.75, 3.05) is 18.4 Å². The third-order valence-electron chi connectivity index (χ3n) is 3.45. The monoisotopic (exact) mass is 236 g/mol. The highest BCUT2D eigenvalue weighted by molar-refractivity contribution is 5.91. The quantitative estimate of drug-likeness (QED) is 0.809. The van der Waals surface area contributed by atoms with E-state index in [9.17, 15) is 4.79 Å². The number of amides is 1. The molecule has 92 valence electrons. The van der Waals surface area contributed by atoms with Gasteiger partial charge in [-0.2, -0.15) is 0 Å². The Morgan fingerprint density at radius 3 is 2.88 bits per heavy atom. The number of nitrogens with zero attached hydrogens (tertiary/aromatic N) is 2. The van der Waals surface area contributed by atoms with Crippen LogP contribution in [0.5, 0.6) is 0 Å². The number of rotatable bonds is 3. The van der Waals surface area contributed by atoms with Gasteiger partial charge in [0.25, 0.3) is 0 Å². The van der Waals surface area contributed by atoms with Gasteiger partial charge in [-0.1, -0.05) is 12.0 Å². The fourth-order valence-corrected chi connectivity index (χ4v) is 2.14. The van der Waals surface area contributed by atoms with Crippen LogP contribution < -0.4 is 10.6 Å². The van der Waals surface area contributed by atoms with Crippen LogP contribution in [0.2, 0.25) is 0 Å². The lowest BCUT2D eigenvalue weighted by molar-refractivity contribution is -0.120. The topological polar surface area (TPSA) is 80.0 Å². The predicted molar refractivity (Wildman–Crippen MR) is 60.4 cm³/mol. The molecule has 1 aliphatic heterocycles. The number of carbonyl (C=O) groups is 1. The third kappa shape index (κ3) is 2.17. The summed E-state index contributed by atoms with van der Waals surface area (Å²) in [6.07, 6.45) is 2.22. The standard InChI is InChI=1S/C11H16N4O2/c1-6-4-12-5-8(6)9(16)13-11-15-14-10(17-11)7-2-3-7/h6-8,12H,2-5H2,1H3,(H,13,15,16)/t6-,8-/m1/s1. The molecular weight excluding hydrogens is 220 g/mol. The zero-order chi connectivity index (χ0) is 11.8. The van der Waals surface area contributed by atoms with E-state index in [-0.39, 0.29) is 17.8 Å². The first-order valence-corrected chi connectivity index (χ1v) is 6.09. The van der Waals surface area contributed by atoms with Gasteiger partial charge in [0.15, 0.2) is 0 Å². The van der Waals surface area contributed by atoms with Gasteiger partial charge in [0.2, 0.25) is 11.8 Å². The minimum absolute atomic E-state index is 0.00808. The molecule has 1 aliphatic carbocycles. The molecule has 2 aliphatic rings. The van der Waals surface area contributed by atoms with E-state index >= 15 is 0 Å². The van der Waals surface area contributed by atoms with Crippen LogP contribution in [0.4, 0.5) is 6.01 Å². The molecule has 0 unspecified atom stereocenters. The summed E-state index contributed by atoms with van der Waals surface area (Å²) in [5.74, 6) is 1.37. The van der Waals surface area contributed by atoms with Crippen molar-refractivity contribution < 1.29 is 9.21 Å². The first kappa shape index (κ1) is 10.7. The summed E-state index contributed by atoms with van der Waals surface area (Å²) in [6, 6.07) is 0.232. The number of anilines is 1. The predicted octanol–water partition coefficient (Wildman–Crippen LogP) is 0.741. The number of carbonyl (C=O) groups excluding carboxylic acids is 1. The van der Waals surface area contributed by atoms with E-state index in [1.165, 1.54) is 0 Å². The summed E-state index contributed by atoms with van der Waals surface area (Å²) < 4.78 is 5.40. The second-order valence-electron chi connectivity index (χ2n) is 4.95. The lowest BCUT2D eigenvalue weighted by Gasteiger charge is -2.11. The fourth-order valence-electron chi connectivity index (χ4n) is 2.14. The van der Waals surface area contributed by atoms with Gasteiger partial charge in [-0.3, -0.25) is 10.1 Å². The van der Waals surface area contributed by atoms with E-state index in [1.807, 2.05) is 0 Å². The van der Waals surface area contributed by atoms with Crippen molar-refractivity contribution in [2.24, 2.45) is 11.8 Å². The minimum atomic E-state index is -0.0338. The van der Waals surface area contributed by atoms with E-state index in [2.05, 4.69) is 27.8 Å².